The Labute approximate surface area is 362 Å². The zero-order valence-corrected chi connectivity index (χ0v) is 34.1. The molecule has 0 spiro atoms. The molecule has 0 saturated heterocycles. The minimum absolute atomic E-state index is 0.0443. The molecule has 4 nitrogen and oxygen atoms in total. The quantitative estimate of drug-likeness (QED) is 0.162. The first-order valence-electron chi connectivity index (χ1n) is 20.3. The van der Waals surface area contributed by atoms with E-state index in [0.717, 1.165) is 61.9 Å². The Morgan fingerprint density at radius 1 is 0.422 bits per heavy atom. The lowest BCUT2D eigenvalue weighted by molar-refractivity contribution is -0.138. The van der Waals surface area contributed by atoms with Crippen molar-refractivity contribution in [3.8, 4) is 56.9 Å². The number of alkyl halides is 6. The third-order valence-electron chi connectivity index (χ3n) is 12.1. The van der Waals surface area contributed by atoms with E-state index >= 15 is 0 Å². The molecule has 0 fully saturated rings. The summed E-state index contributed by atoms with van der Waals surface area (Å²) in [7, 11) is 0. The van der Waals surface area contributed by atoms with Gasteiger partial charge in [0.15, 0.2) is 0 Å². The van der Waals surface area contributed by atoms with Gasteiger partial charge in [0.25, 0.3) is 0 Å². The number of nitriles is 2. The molecule has 8 aromatic carbocycles. The maximum absolute atomic E-state index is 14.4. The maximum Gasteiger partial charge on any atom is 0.417 e. The molecule has 0 N–H and O–H groups in total. The molecule has 2 aromatic heterocycles. The summed E-state index contributed by atoms with van der Waals surface area (Å²) in [5.41, 5.74) is 7.42. The van der Waals surface area contributed by atoms with Crippen molar-refractivity contribution in [3.05, 3.63) is 191 Å². The Morgan fingerprint density at radius 3 is 1.38 bits per heavy atom. The highest BCUT2D eigenvalue weighted by Crippen LogP contribution is 2.43. The van der Waals surface area contributed by atoms with Crippen molar-refractivity contribution in [2.75, 3.05) is 0 Å². The number of hydrogen-bond donors (Lipinski definition) is 0. The molecule has 0 aliphatic rings. The number of benzene rings is 8. The summed E-state index contributed by atoms with van der Waals surface area (Å²) >= 11 is 0. The molecule has 10 heteroatoms. The molecule has 2 heterocycles. The summed E-state index contributed by atoms with van der Waals surface area (Å²) in [5.74, 6) is 0. The van der Waals surface area contributed by atoms with Crippen molar-refractivity contribution in [2.45, 2.75) is 26.2 Å². The highest BCUT2D eigenvalue weighted by Gasteiger charge is 2.34. The maximum atomic E-state index is 14.4. The van der Waals surface area contributed by atoms with Gasteiger partial charge in [-0.1, -0.05) is 96.6 Å². The zero-order chi connectivity index (χ0) is 44.7. The molecule has 64 heavy (non-hydrogen) atoms. The van der Waals surface area contributed by atoms with E-state index in [9.17, 15) is 36.9 Å². The summed E-state index contributed by atoms with van der Waals surface area (Å²) in [4.78, 5) is 0. The summed E-state index contributed by atoms with van der Waals surface area (Å²) in [6.45, 7) is 3.28. The van der Waals surface area contributed by atoms with Gasteiger partial charge in [0.05, 0.1) is 55.7 Å². The molecule has 0 bridgehead atoms. The van der Waals surface area contributed by atoms with Crippen LogP contribution >= 0.6 is 0 Å². The van der Waals surface area contributed by atoms with Crippen LogP contribution in [0.5, 0.6) is 0 Å². The minimum atomic E-state index is -4.59. The Morgan fingerprint density at radius 2 is 0.891 bits per heavy atom. The van der Waals surface area contributed by atoms with Gasteiger partial charge in [-0.3, -0.25) is 0 Å². The van der Waals surface area contributed by atoms with Crippen molar-refractivity contribution in [3.63, 3.8) is 0 Å². The van der Waals surface area contributed by atoms with E-state index in [-0.39, 0.29) is 5.56 Å². The van der Waals surface area contributed by atoms with Gasteiger partial charge in [-0.2, -0.15) is 36.9 Å². The lowest BCUT2D eigenvalue weighted by atomic mass is 9.96. The van der Waals surface area contributed by atoms with E-state index in [1.807, 2.05) is 106 Å². The average molecular weight is 851 g/mol. The largest absolute Gasteiger partial charge is 0.417 e. The SMILES string of the molecule is Cc1ccc(-c2ccc3c4ccccc4n(-c4cc(-c5ccc(C#N)c(-n6c7ccccc7c7ccc(-c8ccc(C(F)(F)F)cc8C)cc76)c5)ccc4C#N)c3c2)c(C(F)(F)F)c1. The Hall–Kier alpha value is -8.08. The fourth-order valence-electron chi connectivity index (χ4n) is 9.09. The molecular formula is C54H32F6N4. The molecule has 0 atom stereocenters. The Kier molecular flexibility index (Phi) is 9.25. The third-order valence-corrected chi connectivity index (χ3v) is 12.1. The number of hydrogen-bond acceptors (Lipinski definition) is 2. The van der Waals surface area contributed by atoms with E-state index in [4.69, 9.17) is 0 Å². The first kappa shape index (κ1) is 40.0. The highest BCUT2D eigenvalue weighted by molar-refractivity contribution is 6.12. The van der Waals surface area contributed by atoms with Crippen LogP contribution in [0.3, 0.4) is 0 Å². The van der Waals surface area contributed by atoms with Crippen molar-refractivity contribution in [2.24, 2.45) is 0 Å². The number of nitrogens with zero attached hydrogens (tertiary/aromatic N) is 4. The second kappa shape index (κ2) is 14.8. The highest BCUT2D eigenvalue weighted by atomic mass is 19.4. The molecule has 0 amide bonds. The van der Waals surface area contributed by atoms with Crippen molar-refractivity contribution in [1.82, 2.24) is 9.13 Å². The molecule has 0 unspecified atom stereocenters. The molecule has 0 saturated carbocycles. The fraction of sp³-hybridized carbons (Fsp3) is 0.0741. The lowest BCUT2D eigenvalue weighted by Gasteiger charge is -2.16. The Bertz CT molecular complexity index is 3650. The lowest BCUT2D eigenvalue weighted by Crippen LogP contribution is -2.07. The predicted molar refractivity (Wildman–Crippen MR) is 240 cm³/mol. The average Bonchev–Trinajstić information content (AvgIpc) is 3.80. The van der Waals surface area contributed by atoms with Gasteiger partial charge in [-0.15, -0.1) is 0 Å². The van der Waals surface area contributed by atoms with Crippen LogP contribution < -0.4 is 0 Å². The standard InChI is InChI=1S/C54H32F6N4/c1-31-11-19-41(46(23-31)54(58,59)60)36-17-21-45-43-8-4-6-10-48(43)64(52(45)28-36)50-26-34(13-15-38(50)30-62)33-12-14-37(29-61)49(25-33)63-47-9-5-3-7-42(47)44-20-16-35(27-51(44)63)40-22-18-39(24-32(40)2)53(55,56)57/h3-28H,1-2H3. The van der Waals surface area contributed by atoms with Gasteiger partial charge in [0.1, 0.15) is 12.1 Å². The molecule has 0 radical (unpaired) electrons. The van der Waals surface area contributed by atoms with Gasteiger partial charge in [0.2, 0.25) is 0 Å². The molecule has 0 aliphatic carbocycles. The van der Waals surface area contributed by atoms with Crippen LogP contribution in [0.15, 0.2) is 158 Å². The third kappa shape index (κ3) is 6.54. The number of aromatic nitrogens is 2. The van der Waals surface area contributed by atoms with Gasteiger partial charge in [0, 0.05) is 21.5 Å². The van der Waals surface area contributed by atoms with E-state index in [1.165, 1.54) is 12.1 Å². The summed E-state index contributed by atoms with van der Waals surface area (Å²) in [6.07, 6.45) is -9.06. The zero-order valence-electron chi connectivity index (χ0n) is 34.1. The van der Waals surface area contributed by atoms with Crippen LogP contribution in [0, 0.1) is 36.5 Å². The number of fused-ring (bicyclic) bond motifs is 6. The minimum Gasteiger partial charge on any atom is -0.308 e. The van der Waals surface area contributed by atoms with Crippen LogP contribution in [0.4, 0.5) is 26.3 Å². The molecular weight excluding hydrogens is 819 g/mol. The van der Waals surface area contributed by atoms with Crippen LogP contribution in [0.25, 0.3) is 88.4 Å². The number of para-hydroxylation sites is 2. The van der Waals surface area contributed by atoms with E-state index in [2.05, 4.69) is 12.1 Å². The first-order chi connectivity index (χ1) is 30.7. The van der Waals surface area contributed by atoms with E-state index < -0.39 is 23.5 Å². The summed E-state index contributed by atoms with van der Waals surface area (Å²) in [6, 6.07) is 50.0. The smallest absolute Gasteiger partial charge is 0.308 e. The van der Waals surface area contributed by atoms with Crippen molar-refractivity contribution < 1.29 is 26.3 Å². The van der Waals surface area contributed by atoms with Crippen LogP contribution in [0.2, 0.25) is 0 Å². The predicted octanol–water partition coefficient (Wildman–Crippen LogP) is 15.3. The number of rotatable bonds is 5. The van der Waals surface area contributed by atoms with Gasteiger partial charge < -0.3 is 9.13 Å². The topological polar surface area (TPSA) is 57.4 Å². The second-order valence-electron chi connectivity index (χ2n) is 15.9. The van der Waals surface area contributed by atoms with Crippen LogP contribution in [0.1, 0.15) is 33.4 Å². The normalized spacial score (nSPS) is 12.0. The molecule has 0 aliphatic heterocycles. The van der Waals surface area contributed by atoms with Crippen LogP contribution in [-0.4, -0.2) is 9.13 Å². The van der Waals surface area contributed by atoms with Crippen molar-refractivity contribution >= 4 is 43.6 Å². The summed E-state index contributed by atoms with van der Waals surface area (Å²) in [5, 5.41) is 24.5. The molecule has 310 valence electrons. The van der Waals surface area contributed by atoms with Gasteiger partial charge in [-0.25, -0.2) is 0 Å². The number of aryl methyl sites for hydroxylation is 2. The monoisotopic (exact) mass is 850 g/mol. The van der Waals surface area contributed by atoms with Crippen molar-refractivity contribution in [1.29, 1.82) is 10.5 Å². The Balaban J connectivity index is 1.17. The molecule has 10 rings (SSSR count). The fourth-order valence-corrected chi connectivity index (χ4v) is 9.09. The van der Waals surface area contributed by atoms with Gasteiger partial charge >= 0.3 is 12.4 Å². The van der Waals surface area contributed by atoms with Gasteiger partial charge in [-0.05, 0) is 120 Å². The van der Waals surface area contributed by atoms with E-state index in [0.29, 0.717) is 61.4 Å². The number of halogens is 6. The van der Waals surface area contributed by atoms with E-state index in [1.54, 1.807) is 44.2 Å². The first-order valence-corrected chi connectivity index (χ1v) is 20.3. The molecule has 10 aromatic rings. The van der Waals surface area contributed by atoms with Crippen LogP contribution in [-0.2, 0) is 12.4 Å². The summed E-state index contributed by atoms with van der Waals surface area (Å²) < 4.78 is 88.0. The second-order valence-corrected chi connectivity index (χ2v) is 15.9.